The molecule has 0 fully saturated rings. The highest BCUT2D eigenvalue weighted by molar-refractivity contribution is 5.58. The second-order valence-electron chi connectivity index (χ2n) is 4.48. The summed E-state index contributed by atoms with van der Waals surface area (Å²) in [6, 6.07) is 7.89. The predicted molar refractivity (Wildman–Crippen MR) is 78.3 cm³/mol. The lowest BCUT2D eigenvalue weighted by molar-refractivity contribution is 0.628. The van der Waals surface area contributed by atoms with Crippen LogP contribution in [-0.4, -0.2) is 20.2 Å². The first-order valence-electron chi connectivity index (χ1n) is 6.33. The molecule has 106 valence electrons. The van der Waals surface area contributed by atoms with Gasteiger partial charge < -0.3 is 10.6 Å². The van der Waals surface area contributed by atoms with Gasteiger partial charge in [0.1, 0.15) is 5.82 Å². The van der Waals surface area contributed by atoms with Gasteiger partial charge >= 0.3 is 0 Å². The van der Waals surface area contributed by atoms with Crippen LogP contribution in [0, 0.1) is 12.7 Å². The highest BCUT2D eigenvalue weighted by Gasteiger charge is 2.02. The number of aromatic amines is 1. The lowest BCUT2D eigenvalue weighted by Crippen LogP contribution is -1.99. The zero-order chi connectivity index (χ0) is 14.7. The van der Waals surface area contributed by atoms with Crippen LogP contribution in [0.15, 0.2) is 42.7 Å². The molecule has 0 atom stereocenters. The zero-order valence-electron chi connectivity index (χ0n) is 11.3. The number of anilines is 4. The van der Waals surface area contributed by atoms with Crippen molar-refractivity contribution in [2.45, 2.75) is 6.92 Å². The topological polar surface area (TPSA) is 78.5 Å². The molecular weight excluding hydrogens is 271 g/mol. The minimum atomic E-state index is -0.282. The molecule has 0 amide bonds. The summed E-state index contributed by atoms with van der Waals surface area (Å²) in [7, 11) is 0. The van der Waals surface area contributed by atoms with Crippen molar-refractivity contribution < 1.29 is 4.39 Å². The molecular formula is C14H13FN6. The van der Waals surface area contributed by atoms with E-state index >= 15 is 0 Å². The van der Waals surface area contributed by atoms with E-state index in [4.69, 9.17) is 0 Å². The first-order valence-corrected chi connectivity index (χ1v) is 6.33. The minimum Gasteiger partial charge on any atom is -0.339 e. The zero-order valence-corrected chi connectivity index (χ0v) is 11.3. The molecule has 21 heavy (non-hydrogen) atoms. The summed E-state index contributed by atoms with van der Waals surface area (Å²) in [5.74, 6) is 1.50. The van der Waals surface area contributed by atoms with E-state index in [1.165, 1.54) is 12.1 Å². The van der Waals surface area contributed by atoms with Crippen LogP contribution in [-0.2, 0) is 0 Å². The van der Waals surface area contributed by atoms with Crippen molar-refractivity contribution in [1.82, 2.24) is 20.2 Å². The molecule has 2 aromatic heterocycles. The van der Waals surface area contributed by atoms with Crippen LogP contribution in [0.1, 0.15) is 5.69 Å². The van der Waals surface area contributed by atoms with Crippen molar-refractivity contribution in [2.24, 2.45) is 0 Å². The number of benzene rings is 1. The van der Waals surface area contributed by atoms with Gasteiger partial charge in [0.05, 0.1) is 12.4 Å². The Morgan fingerprint density at radius 3 is 2.38 bits per heavy atom. The normalized spacial score (nSPS) is 10.4. The van der Waals surface area contributed by atoms with E-state index in [9.17, 15) is 4.39 Å². The van der Waals surface area contributed by atoms with E-state index in [2.05, 4.69) is 30.8 Å². The van der Waals surface area contributed by atoms with E-state index in [1.807, 2.05) is 13.0 Å². The van der Waals surface area contributed by atoms with E-state index < -0.39 is 0 Å². The summed E-state index contributed by atoms with van der Waals surface area (Å²) in [5.41, 5.74) is 1.68. The molecule has 3 N–H and O–H groups in total. The Labute approximate surface area is 120 Å². The molecule has 0 radical (unpaired) electrons. The standard InChI is InChI=1S/C14H13FN6/c1-9-6-12(21-20-9)18-14-8-16-7-13(19-14)17-11-4-2-10(15)3-5-11/h2-8H,1H3,(H3,17,18,19,20,21). The second kappa shape index (κ2) is 5.58. The highest BCUT2D eigenvalue weighted by Crippen LogP contribution is 2.17. The third-order valence-electron chi connectivity index (χ3n) is 2.71. The quantitative estimate of drug-likeness (QED) is 0.686. The smallest absolute Gasteiger partial charge is 0.153 e. The Morgan fingerprint density at radius 2 is 1.71 bits per heavy atom. The molecule has 3 aromatic rings. The van der Waals surface area contributed by atoms with E-state index in [0.29, 0.717) is 17.5 Å². The summed E-state index contributed by atoms with van der Waals surface area (Å²) >= 11 is 0. The Hall–Kier alpha value is -2.96. The summed E-state index contributed by atoms with van der Waals surface area (Å²) < 4.78 is 12.9. The van der Waals surface area contributed by atoms with Crippen molar-refractivity contribution in [2.75, 3.05) is 10.6 Å². The SMILES string of the molecule is Cc1cc(Nc2cncc(Nc3ccc(F)cc3)n2)n[nH]1. The van der Waals surface area contributed by atoms with Crippen molar-refractivity contribution in [3.8, 4) is 0 Å². The average Bonchev–Trinajstić information content (AvgIpc) is 2.87. The van der Waals surface area contributed by atoms with Crippen LogP contribution in [0.25, 0.3) is 0 Å². The van der Waals surface area contributed by atoms with Gasteiger partial charge in [0.2, 0.25) is 0 Å². The summed E-state index contributed by atoms with van der Waals surface area (Å²) in [5, 5.41) is 13.0. The number of hydrogen-bond acceptors (Lipinski definition) is 5. The van der Waals surface area contributed by atoms with Gasteiger partial charge in [0.15, 0.2) is 17.5 Å². The molecule has 0 spiro atoms. The molecule has 0 aliphatic rings. The van der Waals surface area contributed by atoms with Gasteiger partial charge in [0.25, 0.3) is 0 Å². The van der Waals surface area contributed by atoms with Gasteiger partial charge in [-0.3, -0.25) is 10.1 Å². The lowest BCUT2D eigenvalue weighted by atomic mass is 10.3. The number of rotatable bonds is 4. The van der Waals surface area contributed by atoms with Crippen LogP contribution < -0.4 is 10.6 Å². The molecule has 0 aliphatic heterocycles. The fourth-order valence-corrected chi connectivity index (χ4v) is 1.78. The van der Waals surface area contributed by atoms with Crippen LogP contribution >= 0.6 is 0 Å². The molecule has 0 bridgehead atoms. The van der Waals surface area contributed by atoms with Gasteiger partial charge in [-0.15, -0.1) is 0 Å². The second-order valence-corrected chi connectivity index (χ2v) is 4.48. The maximum atomic E-state index is 12.9. The van der Waals surface area contributed by atoms with E-state index in [-0.39, 0.29) is 5.82 Å². The summed E-state index contributed by atoms with van der Waals surface area (Å²) in [4.78, 5) is 8.46. The molecule has 2 heterocycles. The lowest BCUT2D eigenvalue weighted by Gasteiger charge is -2.07. The van der Waals surface area contributed by atoms with Crippen molar-refractivity contribution in [1.29, 1.82) is 0 Å². The Kier molecular flexibility index (Phi) is 3.46. The number of H-pyrrole nitrogens is 1. The van der Waals surface area contributed by atoms with Crippen molar-refractivity contribution in [3.05, 3.63) is 54.2 Å². The third kappa shape index (κ3) is 3.33. The number of aromatic nitrogens is 4. The molecule has 0 aliphatic carbocycles. The number of hydrogen-bond donors (Lipinski definition) is 3. The molecule has 7 heteroatoms. The molecule has 0 saturated carbocycles. The maximum absolute atomic E-state index is 12.9. The molecule has 6 nitrogen and oxygen atoms in total. The monoisotopic (exact) mass is 284 g/mol. The van der Waals surface area contributed by atoms with Gasteiger partial charge in [-0.2, -0.15) is 5.10 Å². The Morgan fingerprint density at radius 1 is 1.00 bits per heavy atom. The van der Waals surface area contributed by atoms with E-state index in [1.54, 1.807) is 24.5 Å². The Bertz CT molecular complexity index is 737. The van der Waals surface area contributed by atoms with Gasteiger partial charge in [0, 0.05) is 17.4 Å². The first kappa shape index (κ1) is 13.0. The number of nitrogens with zero attached hydrogens (tertiary/aromatic N) is 3. The Balaban J connectivity index is 1.75. The van der Waals surface area contributed by atoms with Gasteiger partial charge in [-0.1, -0.05) is 0 Å². The third-order valence-corrected chi connectivity index (χ3v) is 2.71. The van der Waals surface area contributed by atoms with Crippen molar-refractivity contribution >= 4 is 23.1 Å². The van der Waals surface area contributed by atoms with E-state index in [0.717, 1.165) is 11.4 Å². The molecule has 1 aromatic carbocycles. The van der Waals surface area contributed by atoms with Gasteiger partial charge in [-0.05, 0) is 31.2 Å². The van der Waals surface area contributed by atoms with Crippen LogP contribution in [0.4, 0.5) is 27.5 Å². The maximum Gasteiger partial charge on any atom is 0.153 e. The van der Waals surface area contributed by atoms with Crippen LogP contribution in [0.3, 0.4) is 0 Å². The molecule has 3 rings (SSSR count). The predicted octanol–water partition coefficient (Wildman–Crippen LogP) is 3.13. The fraction of sp³-hybridized carbons (Fsp3) is 0.0714. The number of nitrogens with one attached hydrogen (secondary N) is 3. The molecule has 0 saturated heterocycles. The summed E-state index contributed by atoms with van der Waals surface area (Å²) in [6.45, 7) is 1.91. The average molecular weight is 284 g/mol. The van der Waals surface area contributed by atoms with Crippen LogP contribution in [0.5, 0.6) is 0 Å². The number of halogens is 1. The number of aryl methyl sites for hydroxylation is 1. The molecule has 0 unspecified atom stereocenters. The largest absolute Gasteiger partial charge is 0.339 e. The fourth-order valence-electron chi connectivity index (χ4n) is 1.78. The highest BCUT2D eigenvalue weighted by atomic mass is 19.1. The minimum absolute atomic E-state index is 0.282. The summed E-state index contributed by atoms with van der Waals surface area (Å²) in [6.07, 6.45) is 3.18. The van der Waals surface area contributed by atoms with Crippen LogP contribution in [0.2, 0.25) is 0 Å². The van der Waals surface area contributed by atoms with Crippen molar-refractivity contribution in [3.63, 3.8) is 0 Å². The van der Waals surface area contributed by atoms with Gasteiger partial charge in [-0.25, -0.2) is 9.37 Å². The first-order chi connectivity index (χ1) is 10.2.